The molecule has 2 rings (SSSR count). The number of nitrogens with one attached hydrogen (secondary N) is 1. The highest BCUT2D eigenvalue weighted by molar-refractivity contribution is 6.00. The summed E-state index contributed by atoms with van der Waals surface area (Å²) in [5.74, 6) is 0.872. The third kappa shape index (κ3) is 4.47. The van der Waals surface area contributed by atoms with Gasteiger partial charge in [0.2, 0.25) is 5.91 Å². The average molecular weight is 333 g/mol. The molecule has 1 aliphatic rings. The Morgan fingerprint density at radius 3 is 2.71 bits per heavy atom. The number of anilines is 2. The maximum Gasteiger partial charge on any atom is 0.267 e. The number of carbonyl (C=O) groups is 2. The number of benzene rings is 1. The Hall–Kier alpha value is -2.08. The van der Waals surface area contributed by atoms with E-state index in [1.54, 1.807) is 17.9 Å². The lowest BCUT2D eigenvalue weighted by atomic mass is 10.1. The van der Waals surface area contributed by atoms with Gasteiger partial charge >= 0.3 is 0 Å². The van der Waals surface area contributed by atoms with Gasteiger partial charge in [-0.3, -0.25) is 9.59 Å². The summed E-state index contributed by atoms with van der Waals surface area (Å²) in [4.78, 5) is 28.1. The number of carbonyl (C=O) groups excluding carboxylic acids is 2. The van der Waals surface area contributed by atoms with Crippen LogP contribution in [-0.4, -0.2) is 50.0 Å². The van der Waals surface area contributed by atoms with Gasteiger partial charge in [-0.05, 0) is 39.1 Å². The van der Waals surface area contributed by atoms with Crippen LogP contribution in [-0.2, 0) is 9.59 Å². The molecule has 1 aliphatic heterocycles. The van der Waals surface area contributed by atoms with Gasteiger partial charge in [0.15, 0.2) is 6.10 Å². The largest absolute Gasteiger partial charge is 0.479 e. The molecule has 6 heteroatoms. The highest BCUT2D eigenvalue weighted by atomic mass is 16.5. The summed E-state index contributed by atoms with van der Waals surface area (Å²) < 4.78 is 5.73. The van der Waals surface area contributed by atoms with Gasteiger partial charge in [-0.15, -0.1) is 0 Å². The number of hydrogen-bond acceptors (Lipinski definition) is 4. The normalized spacial score (nSPS) is 17.0. The first-order valence-electron chi connectivity index (χ1n) is 8.34. The van der Waals surface area contributed by atoms with E-state index >= 15 is 0 Å². The van der Waals surface area contributed by atoms with E-state index in [1.807, 2.05) is 45.0 Å². The van der Waals surface area contributed by atoms with E-state index < -0.39 is 6.10 Å². The average Bonchev–Trinajstić information content (AvgIpc) is 2.46. The van der Waals surface area contributed by atoms with Crippen LogP contribution in [0.5, 0.6) is 5.75 Å². The van der Waals surface area contributed by atoms with Crippen LogP contribution in [0.2, 0.25) is 0 Å². The number of ether oxygens (including phenoxy) is 1. The van der Waals surface area contributed by atoms with Gasteiger partial charge in [0.25, 0.3) is 5.91 Å². The minimum Gasteiger partial charge on any atom is -0.479 e. The van der Waals surface area contributed by atoms with Crippen molar-refractivity contribution in [2.75, 3.05) is 37.4 Å². The van der Waals surface area contributed by atoms with Crippen LogP contribution in [0.15, 0.2) is 18.2 Å². The van der Waals surface area contributed by atoms with Crippen molar-refractivity contribution in [1.29, 1.82) is 0 Å². The molecule has 0 aromatic heterocycles. The summed E-state index contributed by atoms with van der Waals surface area (Å²) in [6, 6.07) is 5.44. The monoisotopic (exact) mass is 333 g/mol. The van der Waals surface area contributed by atoms with Crippen LogP contribution in [0.25, 0.3) is 0 Å². The van der Waals surface area contributed by atoms with E-state index in [0.717, 1.165) is 12.2 Å². The van der Waals surface area contributed by atoms with Crippen LogP contribution in [0.3, 0.4) is 0 Å². The molecule has 24 heavy (non-hydrogen) atoms. The Balaban J connectivity index is 2.19. The zero-order valence-corrected chi connectivity index (χ0v) is 15.1. The Morgan fingerprint density at radius 2 is 2.08 bits per heavy atom. The van der Waals surface area contributed by atoms with Gasteiger partial charge < -0.3 is 19.9 Å². The second kappa shape index (κ2) is 7.66. The number of likely N-dealkylation sites (N-methyl/N-ethyl adjacent to an activating group) is 1. The van der Waals surface area contributed by atoms with E-state index in [4.69, 9.17) is 4.74 Å². The fourth-order valence-corrected chi connectivity index (χ4v) is 2.60. The molecule has 1 N–H and O–H groups in total. The molecule has 0 aliphatic carbocycles. The lowest BCUT2D eigenvalue weighted by Crippen LogP contribution is -2.46. The van der Waals surface area contributed by atoms with Crippen molar-refractivity contribution in [3.63, 3.8) is 0 Å². The molecular formula is C18H27N3O3. The lowest BCUT2D eigenvalue weighted by molar-refractivity contribution is -0.125. The highest BCUT2D eigenvalue weighted by Crippen LogP contribution is 2.36. The van der Waals surface area contributed by atoms with Crippen LogP contribution >= 0.6 is 0 Å². The van der Waals surface area contributed by atoms with Crippen molar-refractivity contribution >= 4 is 23.2 Å². The van der Waals surface area contributed by atoms with E-state index in [9.17, 15) is 9.59 Å². The van der Waals surface area contributed by atoms with Gasteiger partial charge in [-0.1, -0.05) is 13.8 Å². The fraction of sp³-hybridized carbons (Fsp3) is 0.556. The van der Waals surface area contributed by atoms with E-state index in [2.05, 4.69) is 5.32 Å². The minimum atomic E-state index is -0.527. The predicted molar refractivity (Wildman–Crippen MR) is 95.5 cm³/mol. The fourth-order valence-electron chi connectivity index (χ4n) is 2.60. The molecule has 1 unspecified atom stereocenters. The highest BCUT2D eigenvalue weighted by Gasteiger charge is 2.31. The summed E-state index contributed by atoms with van der Waals surface area (Å²) in [5, 5.41) is 2.88. The van der Waals surface area contributed by atoms with Gasteiger partial charge in [-0.25, -0.2) is 0 Å². The number of hydrogen-bond donors (Lipinski definition) is 1. The molecule has 0 radical (unpaired) electrons. The maximum atomic E-state index is 12.4. The molecule has 6 nitrogen and oxygen atoms in total. The molecule has 1 atom stereocenters. The van der Waals surface area contributed by atoms with E-state index in [-0.39, 0.29) is 11.8 Å². The molecule has 2 amide bonds. The zero-order valence-electron chi connectivity index (χ0n) is 15.1. The summed E-state index contributed by atoms with van der Waals surface area (Å²) in [5.41, 5.74) is 1.44. The molecule has 0 fully saturated rings. The Bertz CT molecular complexity index is 614. The number of rotatable bonds is 6. The third-order valence-corrected chi connectivity index (χ3v) is 3.82. The number of nitrogens with zero attached hydrogens (tertiary/aromatic N) is 2. The molecule has 0 saturated heterocycles. The third-order valence-electron chi connectivity index (χ3n) is 3.82. The standard InChI is InChI=1S/C18H27N3O3/c1-12(2)10-17(22)19-14-6-7-15-16(11-14)24-13(3)18(23)21(15)9-8-20(4)5/h6-7,11-13H,8-10H2,1-5H3,(H,19,22). The molecular weight excluding hydrogens is 306 g/mol. The van der Waals surface area contributed by atoms with Crippen LogP contribution < -0.4 is 15.0 Å². The maximum absolute atomic E-state index is 12.4. The van der Waals surface area contributed by atoms with Crippen molar-refractivity contribution in [2.45, 2.75) is 33.3 Å². The van der Waals surface area contributed by atoms with Crippen molar-refractivity contribution in [2.24, 2.45) is 5.92 Å². The SMILES string of the molecule is CC(C)CC(=O)Nc1ccc2c(c1)OC(C)C(=O)N2CCN(C)C. The zero-order chi connectivity index (χ0) is 17.9. The van der Waals surface area contributed by atoms with Gasteiger partial charge in [-0.2, -0.15) is 0 Å². The topological polar surface area (TPSA) is 61.9 Å². The molecule has 132 valence electrons. The van der Waals surface area contributed by atoms with E-state index in [0.29, 0.717) is 30.3 Å². The van der Waals surface area contributed by atoms with Crippen molar-refractivity contribution in [3.05, 3.63) is 18.2 Å². The number of fused-ring (bicyclic) bond motifs is 1. The Labute approximate surface area is 143 Å². The first kappa shape index (κ1) is 18.3. The summed E-state index contributed by atoms with van der Waals surface area (Å²) in [6.45, 7) is 7.13. The smallest absolute Gasteiger partial charge is 0.267 e. The second-order valence-corrected chi connectivity index (χ2v) is 6.88. The molecule has 1 heterocycles. The van der Waals surface area contributed by atoms with Crippen LogP contribution in [0.4, 0.5) is 11.4 Å². The molecule has 0 spiro atoms. The molecule has 0 bridgehead atoms. The second-order valence-electron chi connectivity index (χ2n) is 6.88. The van der Waals surface area contributed by atoms with Gasteiger partial charge in [0, 0.05) is 31.3 Å². The summed E-state index contributed by atoms with van der Waals surface area (Å²) >= 11 is 0. The Kier molecular flexibility index (Phi) is 5.83. The van der Waals surface area contributed by atoms with Crippen molar-refractivity contribution in [1.82, 2.24) is 4.90 Å². The molecule has 1 aromatic rings. The van der Waals surface area contributed by atoms with Crippen LogP contribution in [0.1, 0.15) is 27.2 Å². The lowest BCUT2D eigenvalue weighted by Gasteiger charge is -2.34. The van der Waals surface area contributed by atoms with Crippen molar-refractivity contribution < 1.29 is 14.3 Å². The van der Waals surface area contributed by atoms with Gasteiger partial charge in [0.1, 0.15) is 5.75 Å². The summed E-state index contributed by atoms with van der Waals surface area (Å²) in [6.07, 6.45) is -0.0526. The molecule has 1 aromatic carbocycles. The van der Waals surface area contributed by atoms with Crippen molar-refractivity contribution in [3.8, 4) is 5.75 Å². The quantitative estimate of drug-likeness (QED) is 0.868. The summed E-state index contributed by atoms with van der Waals surface area (Å²) in [7, 11) is 3.95. The first-order chi connectivity index (χ1) is 11.3. The Morgan fingerprint density at radius 1 is 1.38 bits per heavy atom. The number of amides is 2. The van der Waals surface area contributed by atoms with Gasteiger partial charge in [0.05, 0.1) is 5.69 Å². The molecule has 0 saturated carbocycles. The predicted octanol–water partition coefficient (Wildman–Crippen LogP) is 2.35. The minimum absolute atomic E-state index is 0.0191. The first-order valence-corrected chi connectivity index (χ1v) is 8.34. The van der Waals surface area contributed by atoms with Crippen LogP contribution in [0, 0.1) is 5.92 Å². The van der Waals surface area contributed by atoms with E-state index in [1.165, 1.54) is 0 Å².